The average Bonchev–Trinajstić information content (AvgIpc) is 2.43. The van der Waals surface area contributed by atoms with E-state index in [4.69, 9.17) is 16.3 Å². The molecule has 21 heavy (non-hydrogen) atoms. The molecule has 0 aromatic heterocycles. The Morgan fingerprint density at radius 2 is 2.00 bits per heavy atom. The van der Waals surface area contributed by atoms with Crippen LogP contribution in [0.2, 0.25) is 5.02 Å². The molecule has 0 saturated carbocycles. The van der Waals surface area contributed by atoms with Crippen LogP contribution in [0, 0.1) is 5.82 Å². The molecule has 0 radical (unpaired) electrons. The number of carbonyl (C=O) groups is 1. The van der Waals surface area contributed by atoms with E-state index in [-0.39, 0.29) is 10.9 Å². The highest BCUT2D eigenvalue weighted by atomic mass is 79.9. The molecule has 0 bridgehead atoms. The number of hydrogen-bond acceptors (Lipinski definition) is 2. The summed E-state index contributed by atoms with van der Waals surface area (Å²) in [5.41, 5.74) is 0.780. The quantitative estimate of drug-likeness (QED) is 0.829. The second-order valence-electron chi connectivity index (χ2n) is 4.16. The van der Waals surface area contributed by atoms with Crippen LogP contribution in [0.4, 0.5) is 10.1 Å². The predicted molar refractivity (Wildman–Crippen MR) is 84.7 cm³/mol. The van der Waals surface area contributed by atoms with Gasteiger partial charge in [0.2, 0.25) is 0 Å². The van der Waals surface area contributed by atoms with E-state index in [1.54, 1.807) is 24.3 Å². The third-order valence-corrected chi connectivity index (χ3v) is 3.60. The first kappa shape index (κ1) is 15.8. The summed E-state index contributed by atoms with van der Waals surface area (Å²) in [5, 5.41) is 2.77. The Balaban J connectivity index is 2.18. The zero-order valence-electron chi connectivity index (χ0n) is 11.1. The summed E-state index contributed by atoms with van der Waals surface area (Å²) >= 11 is 9.10. The number of carbonyl (C=O) groups excluding carboxylic acids is 1. The van der Waals surface area contributed by atoms with Crippen LogP contribution in [-0.2, 0) is 0 Å². The Bertz CT molecular complexity index is 638. The van der Waals surface area contributed by atoms with Gasteiger partial charge in [0, 0.05) is 10.0 Å². The van der Waals surface area contributed by atoms with E-state index >= 15 is 0 Å². The lowest BCUT2D eigenvalue weighted by Gasteiger charge is -2.10. The molecule has 2 rings (SSSR count). The maximum absolute atomic E-state index is 13.1. The van der Waals surface area contributed by atoms with E-state index in [9.17, 15) is 9.18 Å². The van der Waals surface area contributed by atoms with Crippen LogP contribution >= 0.6 is 27.5 Å². The second-order valence-corrected chi connectivity index (χ2v) is 5.42. The van der Waals surface area contributed by atoms with Gasteiger partial charge in [-0.2, -0.15) is 0 Å². The molecule has 3 nitrogen and oxygen atoms in total. The van der Waals surface area contributed by atoms with Crippen molar-refractivity contribution in [2.75, 3.05) is 11.9 Å². The third kappa shape index (κ3) is 3.95. The molecule has 0 aliphatic carbocycles. The number of halogens is 3. The van der Waals surface area contributed by atoms with Crippen LogP contribution in [-0.4, -0.2) is 12.5 Å². The predicted octanol–water partition coefficient (Wildman–Crippen LogP) is 4.89. The van der Waals surface area contributed by atoms with Crippen molar-refractivity contribution in [3.8, 4) is 5.75 Å². The number of ether oxygens (including phenoxy) is 1. The molecule has 2 aromatic carbocycles. The summed E-state index contributed by atoms with van der Waals surface area (Å²) in [6.07, 6.45) is 0. The van der Waals surface area contributed by atoms with Crippen LogP contribution in [0.25, 0.3) is 0 Å². The monoisotopic (exact) mass is 371 g/mol. The largest absolute Gasteiger partial charge is 0.494 e. The molecule has 0 fully saturated rings. The molecular weight excluding hydrogens is 361 g/mol. The lowest BCUT2D eigenvalue weighted by Crippen LogP contribution is -2.12. The Hall–Kier alpha value is -1.59. The van der Waals surface area contributed by atoms with Crippen molar-refractivity contribution in [2.24, 2.45) is 0 Å². The molecule has 0 spiro atoms. The molecule has 6 heteroatoms. The zero-order chi connectivity index (χ0) is 15.4. The lowest BCUT2D eigenvalue weighted by molar-refractivity contribution is 0.102. The molecule has 1 N–H and O–H groups in total. The van der Waals surface area contributed by atoms with Gasteiger partial charge in [0.1, 0.15) is 11.6 Å². The fraction of sp³-hybridized carbons (Fsp3) is 0.133. The van der Waals surface area contributed by atoms with Crippen molar-refractivity contribution in [2.45, 2.75) is 6.92 Å². The van der Waals surface area contributed by atoms with Gasteiger partial charge in [0.15, 0.2) is 0 Å². The van der Waals surface area contributed by atoms with Gasteiger partial charge in [-0.05, 0) is 59.3 Å². The van der Waals surface area contributed by atoms with Crippen molar-refractivity contribution in [3.63, 3.8) is 0 Å². The second kappa shape index (κ2) is 6.91. The maximum atomic E-state index is 13.1. The minimum Gasteiger partial charge on any atom is -0.494 e. The summed E-state index contributed by atoms with van der Waals surface area (Å²) in [5.74, 6) is -0.131. The van der Waals surface area contributed by atoms with Crippen LogP contribution in [0.5, 0.6) is 5.75 Å². The lowest BCUT2D eigenvalue weighted by atomic mass is 10.2. The Kier molecular flexibility index (Phi) is 5.20. The smallest absolute Gasteiger partial charge is 0.255 e. The van der Waals surface area contributed by atoms with Gasteiger partial charge in [-0.1, -0.05) is 11.6 Å². The number of nitrogens with one attached hydrogen (secondary N) is 1. The van der Waals surface area contributed by atoms with E-state index in [0.717, 1.165) is 6.07 Å². The normalized spacial score (nSPS) is 10.3. The van der Waals surface area contributed by atoms with E-state index in [1.165, 1.54) is 6.07 Å². The van der Waals surface area contributed by atoms with Crippen molar-refractivity contribution in [1.82, 2.24) is 0 Å². The van der Waals surface area contributed by atoms with Gasteiger partial charge >= 0.3 is 0 Å². The first-order chi connectivity index (χ1) is 10.0. The van der Waals surface area contributed by atoms with Crippen LogP contribution in [0.1, 0.15) is 17.3 Å². The molecule has 0 saturated heterocycles. The van der Waals surface area contributed by atoms with Crippen LogP contribution in [0.3, 0.4) is 0 Å². The standard InChI is InChI=1S/C15H12BrClFNO2/c1-2-21-11-5-3-9(4-6-11)15(20)19-14-12(16)7-10(18)8-13(14)17/h3-8H,2H2,1H3,(H,19,20). The summed E-state index contributed by atoms with van der Waals surface area (Å²) < 4.78 is 18.8. The highest BCUT2D eigenvalue weighted by molar-refractivity contribution is 9.10. The van der Waals surface area contributed by atoms with Crippen molar-refractivity contribution in [1.29, 1.82) is 0 Å². The number of benzene rings is 2. The van der Waals surface area contributed by atoms with Gasteiger partial charge in [0.05, 0.1) is 17.3 Å². The number of hydrogen-bond donors (Lipinski definition) is 1. The fourth-order valence-corrected chi connectivity index (χ4v) is 2.62. The summed E-state index contributed by atoms with van der Waals surface area (Å²) in [6.45, 7) is 2.44. The Morgan fingerprint density at radius 3 is 2.57 bits per heavy atom. The maximum Gasteiger partial charge on any atom is 0.255 e. The average molecular weight is 373 g/mol. The number of rotatable bonds is 4. The Labute approximate surface area is 135 Å². The first-order valence-corrected chi connectivity index (χ1v) is 7.37. The Morgan fingerprint density at radius 1 is 1.33 bits per heavy atom. The summed E-state index contributed by atoms with van der Waals surface area (Å²) in [4.78, 5) is 12.1. The molecule has 2 aromatic rings. The van der Waals surface area contributed by atoms with E-state index < -0.39 is 5.82 Å². The minimum absolute atomic E-state index is 0.126. The van der Waals surface area contributed by atoms with Crippen molar-refractivity contribution >= 4 is 39.1 Å². The highest BCUT2D eigenvalue weighted by Gasteiger charge is 2.13. The molecule has 110 valence electrons. The fourth-order valence-electron chi connectivity index (χ4n) is 1.72. The molecule has 0 aliphatic heterocycles. The third-order valence-electron chi connectivity index (χ3n) is 2.67. The molecule has 1 amide bonds. The van der Waals surface area contributed by atoms with Gasteiger partial charge in [-0.3, -0.25) is 4.79 Å². The molecule has 0 atom stereocenters. The molecular formula is C15H12BrClFNO2. The first-order valence-electron chi connectivity index (χ1n) is 6.20. The van der Waals surface area contributed by atoms with Gasteiger partial charge in [-0.25, -0.2) is 4.39 Å². The van der Waals surface area contributed by atoms with Gasteiger partial charge in [-0.15, -0.1) is 0 Å². The van der Waals surface area contributed by atoms with Crippen molar-refractivity contribution < 1.29 is 13.9 Å². The minimum atomic E-state index is -0.481. The molecule has 0 aliphatic rings. The van der Waals surface area contributed by atoms with Gasteiger partial charge < -0.3 is 10.1 Å². The highest BCUT2D eigenvalue weighted by Crippen LogP contribution is 2.32. The SMILES string of the molecule is CCOc1ccc(C(=O)Nc2c(Cl)cc(F)cc2Br)cc1. The zero-order valence-corrected chi connectivity index (χ0v) is 13.5. The van der Waals surface area contributed by atoms with E-state index in [0.29, 0.717) is 28.1 Å². The van der Waals surface area contributed by atoms with E-state index in [1.807, 2.05) is 6.92 Å². The van der Waals surface area contributed by atoms with Crippen LogP contribution < -0.4 is 10.1 Å². The van der Waals surface area contributed by atoms with E-state index in [2.05, 4.69) is 21.2 Å². The van der Waals surface area contributed by atoms with Crippen LogP contribution in [0.15, 0.2) is 40.9 Å². The van der Waals surface area contributed by atoms with Gasteiger partial charge in [0.25, 0.3) is 5.91 Å². The van der Waals surface area contributed by atoms with Crippen molar-refractivity contribution in [3.05, 3.63) is 57.3 Å². The molecule has 0 unspecified atom stereocenters. The number of amides is 1. The topological polar surface area (TPSA) is 38.3 Å². The number of anilines is 1. The summed E-state index contributed by atoms with van der Waals surface area (Å²) in [7, 11) is 0. The molecule has 0 heterocycles. The summed E-state index contributed by atoms with van der Waals surface area (Å²) in [6, 6.07) is 9.08.